The fourth-order valence-electron chi connectivity index (χ4n) is 4.56. The molecule has 34 heavy (non-hydrogen) atoms. The first kappa shape index (κ1) is 22.3. The van der Waals surface area contributed by atoms with Gasteiger partial charge in [0.05, 0.1) is 12.0 Å². The average Bonchev–Trinajstić information content (AvgIpc) is 3.51. The van der Waals surface area contributed by atoms with Crippen LogP contribution in [-0.2, 0) is 9.59 Å². The number of carbonyl (C=O) groups excluding carboxylic acids is 2. The van der Waals surface area contributed by atoms with E-state index in [-0.39, 0.29) is 23.7 Å². The van der Waals surface area contributed by atoms with Gasteiger partial charge in [0.1, 0.15) is 5.04 Å². The van der Waals surface area contributed by atoms with Gasteiger partial charge in [-0.2, -0.15) is 15.1 Å². The molecule has 5 rings (SSSR count). The summed E-state index contributed by atoms with van der Waals surface area (Å²) < 4.78 is 2.14. The van der Waals surface area contributed by atoms with Crippen LogP contribution in [0.2, 0.25) is 0 Å². The number of amidine groups is 2. The number of hydrogen-bond donors (Lipinski definition) is 1. The van der Waals surface area contributed by atoms with E-state index >= 15 is 0 Å². The molecule has 1 fully saturated rings. The summed E-state index contributed by atoms with van der Waals surface area (Å²) in [5.41, 5.74) is 5.27. The van der Waals surface area contributed by atoms with Gasteiger partial charge in [-0.05, 0) is 80.8 Å². The first-order valence-electron chi connectivity index (χ1n) is 11.3. The van der Waals surface area contributed by atoms with Crippen LogP contribution in [0.1, 0.15) is 41.8 Å². The van der Waals surface area contributed by atoms with E-state index in [0.717, 1.165) is 48.6 Å². The molecule has 4 heterocycles. The van der Waals surface area contributed by atoms with Gasteiger partial charge in [0.25, 0.3) is 5.91 Å². The van der Waals surface area contributed by atoms with Gasteiger partial charge in [-0.15, -0.1) is 0 Å². The maximum absolute atomic E-state index is 12.8. The number of fused-ring (bicyclic) bond motifs is 1. The quantitative estimate of drug-likeness (QED) is 0.677. The van der Waals surface area contributed by atoms with Crippen LogP contribution in [0.15, 0.2) is 46.0 Å². The number of amides is 2. The molecular weight excluding hydrogens is 448 g/mol. The Balaban J connectivity index is 1.42. The molecule has 0 bridgehead atoms. The molecule has 0 aliphatic carbocycles. The van der Waals surface area contributed by atoms with Crippen LogP contribution in [-0.4, -0.2) is 55.4 Å². The number of aliphatic imine (C=N–C) groups is 1. The first-order chi connectivity index (χ1) is 16.3. The first-order valence-corrected chi connectivity index (χ1v) is 12.2. The minimum Gasteiger partial charge on any atom is -0.342 e. The van der Waals surface area contributed by atoms with Crippen molar-refractivity contribution >= 4 is 45.7 Å². The van der Waals surface area contributed by atoms with Crippen molar-refractivity contribution in [3.8, 4) is 5.69 Å². The van der Waals surface area contributed by atoms with Crippen LogP contribution >= 0.6 is 11.8 Å². The molecule has 9 heteroatoms. The molecule has 0 unspecified atom stereocenters. The lowest BCUT2D eigenvalue weighted by atomic mass is 10.1. The minimum atomic E-state index is -0.466. The van der Waals surface area contributed by atoms with Gasteiger partial charge < -0.3 is 9.47 Å². The standard InChI is InChI=1S/C25H26N6O2S/c1-15-7-6-8-19(11-15)30-16(2)12-18(17(30)3)13-20-23(26)31-25(27-24(20)33)34-21(28-31)14-22(32)29-9-4-5-10-29/h6-8,11-13,26H,4-5,9-10,14H2,1-3H3/b20-13-,26-23?. The van der Waals surface area contributed by atoms with Crippen LogP contribution in [0.4, 0.5) is 0 Å². The molecule has 0 saturated carbocycles. The smallest absolute Gasteiger partial charge is 0.283 e. The Morgan fingerprint density at radius 2 is 1.94 bits per heavy atom. The van der Waals surface area contributed by atoms with Crippen molar-refractivity contribution in [1.82, 2.24) is 14.5 Å². The minimum absolute atomic E-state index is 0.0218. The summed E-state index contributed by atoms with van der Waals surface area (Å²) in [4.78, 5) is 31.4. The van der Waals surface area contributed by atoms with Crippen LogP contribution in [0, 0.1) is 26.2 Å². The molecule has 1 saturated heterocycles. The number of rotatable bonds is 4. The molecular formula is C25H26N6O2S. The maximum Gasteiger partial charge on any atom is 0.283 e. The summed E-state index contributed by atoms with van der Waals surface area (Å²) in [6, 6.07) is 10.2. The van der Waals surface area contributed by atoms with E-state index in [0.29, 0.717) is 10.2 Å². The Morgan fingerprint density at radius 1 is 1.18 bits per heavy atom. The highest BCUT2D eigenvalue weighted by atomic mass is 32.2. The molecule has 3 aliphatic heterocycles. The molecule has 2 aromatic rings. The number of aromatic nitrogens is 1. The van der Waals surface area contributed by atoms with E-state index in [9.17, 15) is 9.59 Å². The highest BCUT2D eigenvalue weighted by molar-refractivity contribution is 8.27. The van der Waals surface area contributed by atoms with Crippen LogP contribution < -0.4 is 0 Å². The molecule has 174 valence electrons. The number of benzene rings is 1. The Hall–Kier alpha value is -3.46. The number of nitrogens with zero attached hydrogens (tertiary/aromatic N) is 5. The predicted octanol–water partition coefficient (Wildman–Crippen LogP) is 4.03. The Bertz CT molecular complexity index is 1310. The van der Waals surface area contributed by atoms with Crippen molar-refractivity contribution < 1.29 is 9.59 Å². The van der Waals surface area contributed by atoms with E-state index in [2.05, 4.69) is 39.8 Å². The largest absolute Gasteiger partial charge is 0.342 e. The Labute approximate surface area is 202 Å². The monoisotopic (exact) mass is 474 g/mol. The number of hydrogen-bond acceptors (Lipinski definition) is 5. The van der Waals surface area contributed by atoms with Crippen molar-refractivity contribution in [2.75, 3.05) is 13.1 Å². The van der Waals surface area contributed by atoms with Crippen molar-refractivity contribution in [2.24, 2.45) is 10.1 Å². The highest BCUT2D eigenvalue weighted by Crippen LogP contribution is 2.31. The Kier molecular flexibility index (Phi) is 5.73. The fraction of sp³-hybridized carbons (Fsp3) is 0.320. The van der Waals surface area contributed by atoms with Gasteiger partial charge in [-0.1, -0.05) is 12.1 Å². The molecule has 3 aliphatic rings. The lowest BCUT2D eigenvalue weighted by Crippen LogP contribution is -2.35. The zero-order chi connectivity index (χ0) is 24.0. The van der Waals surface area contributed by atoms with Gasteiger partial charge in [0.2, 0.25) is 11.1 Å². The third-order valence-corrected chi connectivity index (χ3v) is 7.20. The normalized spacial score (nSPS) is 19.1. The van der Waals surface area contributed by atoms with Crippen molar-refractivity contribution in [1.29, 1.82) is 5.41 Å². The number of nitrogens with one attached hydrogen (secondary N) is 1. The van der Waals surface area contributed by atoms with E-state index in [1.54, 1.807) is 6.08 Å². The maximum atomic E-state index is 12.8. The summed E-state index contributed by atoms with van der Waals surface area (Å²) in [6.45, 7) is 7.64. The molecule has 0 atom stereocenters. The van der Waals surface area contributed by atoms with E-state index in [4.69, 9.17) is 5.41 Å². The van der Waals surface area contributed by atoms with Gasteiger partial charge >= 0.3 is 0 Å². The number of aryl methyl sites for hydroxylation is 2. The van der Waals surface area contributed by atoms with Crippen molar-refractivity contribution in [3.63, 3.8) is 0 Å². The molecule has 1 aromatic heterocycles. The van der Waals surface area contributed by atoms with Crippen molar-refractivity contribution in [2.45, 2.75) is 40.0 Å². The predicted molar refractivity (Wildman–Crippen MR) is 135 cm³/mol. The summed E-state index contributed by atoms with van der Waals surface area (Å²) in [6.07, 6.45) is 3.94. The number of thioether (sulfide) groups is 1. The zero-order valence-corrected chi connectivity index (χ0v) is 20.3. The summed E-state index contributed by atoms with van der Waals surface area (Å²) in [7, 11) is 0. The SMILES string of the molecule is Cc1cccc(-n2c(C)cc(/C=C3/C(=N)N4N=C(CC(=O)N5CCCC5)SC4=NC3=O)c2C)c1. The van der Waals surface area contributed by atoms with Crippen molar-refractivity contribution in [3.05, 3.63) is 58.4 Å². The van der Waals surface area contributed by atoms with Gasteiger partial charge in [-0.3, -0.25) is 15.0 Å². The second kappa shape index (κ2) is 8.72. The second-order valence-electron chi connectivity index (χ2n) is 8.78. The van der Waals surface area contributed by atoms with Gasteiger partial charge in [0.15, 0.2) is 5.84 Å². The lowest BCUT2D eigenvalue weighted by Gasteiger charge is -2.20. The number of hydrazone groups is 1. The topological polar surface area (TPSA) is 94.1 Å². The molecule has 0 spiro atoms. The third kappa shape index (κ3) is 4.00. The second-order valence-corrected chi connectivity index (χ2v) is 9.82. The molecule has 1 N–H and O–H groups in total. The van der Waals surface area contributed by atoms with Gasteiger partial charge in [0, 0.05) is 30.2 Å². The molecule has 0 radical (unpaired) electrons. The summed E-state index contributed by atoms with van der Waals surface area (Å²) in [5, 5.41) is 15.4. The molecule has 8 nitrogen and oxygen atoms in total. The third-order valence-electron chi connectivity index (χ3n) is 6.29. The molecule has 2 amide bonds. The lowest BCUT2D eigenvalue weighted by molar-refractivity contribution is -0.128. The van der Waals surface area contributed by atoms with Crippen LogP contribution in [0.3, 0.4) is 0 Å². The zero-order valence-electron chi connectivity index (χ0n) is 19.5. The number of carbonyl (C=O) groups is 2. The van der Waals surface area contributed by atoms with Gasteiger partial charge in [-0.25, -0.2) is 0 Å². The Morgan fingerprint density at radius 3 is 2.68 bits per heavy atom. The summed E-state index contributed by atoms with van der Waals surface area (Å²) in [5.74, 6) is -0.459. The average molecular weight is 475 g/mol. The molecule has 1 aromatic carbocycles. The van der Waals surface area contributed by atoms with E-state index in [1.807, 2.05) is 30.9 Å². The van der Waals surface area contributed by atoms with E-state index < -0.39 is 5.91 Å². The van der Waals surface area contributed by atoms with E-state index in [1.165, 1.54) is 22.3 Å². The fourth-order valence-corrected chi connectivity index (χ4v) is 5.44. The highest BCUT2D eigenvalue weighted by Gasteiger charge is 2.36. The van der Waals surface area contributed by atoms with Crippen LogP contribution in [0.25, 0.3) is 11.8 Å². The summed E-state index contributed by atoms with van der Waals surface area (Å²) >= 11 is 1.19. The van der Waals surface area contributed by atoms with Crippen LogP contribution in [0.5, 0.6) is 0 Å². The number of likely N-dealkylation sites (tertiary alicyclic amines) is 1.